The number of aromatic nitrogens is 1. The summed E-state index contributed by atoms with van der Waals surface area (Å²) in [6.07, 6.45) is 5.12. The summed E-state index contributed by atoms with van der Waals surface area (Å²) >= 11 is 1.61. The SMILES string of the molecule is C=CO/C(=C\C)c1cnc(C)s1. The number of thiazole rings is 1. The number of aryl methyl sites for hydroxylation is 1. The van der Waals surface area contributed by atoms with Crippen LogP contribution >= 0.6 is 11.3 Å². The molecule has 1 rings (SSSR count). The Morgan fingerprint density at radius 1 is 1.75 bits per heavy atom. The minimum atomic E-state index is 0.815. The van der Waals surface area contributed by atoms with E-state index in [1.165, 1.54) is 6.26 Å². The highest BCUT2D eigenvalue weighted by atomic mass is 32.1. The van der Waals surface area contributed by atoms with Gasteiger partial charge in [-0.05, 0) is 19.9 Å². The molecule has 0 aliphatic heterocycles. The third kappa shape index (κ3) is 1.95. The highest BCUT2D eigenvalue weighted by Gasteiger charge is 2.03. The zero-order valence-electron chi connectivity index (χ0n) is 7.20. The van der Waals surface area contributed by atoms with Crippen LogP contribution in [0, 0.1) is 6.92 Å². The minimum absolute atomic E-state index is 0.815. The molecule has 1 heterocycles. The van der Waals surface area contributed by atoms with Crippen molar-refractivity contribution >= 4 is 17.1 Å². The lowest BCUT2D eigenvalue weighted by molar-refractivity contribution is 0.439. The van der Waals surface area contributed by atoms with Crippen LogP contribution in [-0.2, 0) is 4.74 Å². The fourth-order valence-corrected chi connectivity index (χ4v) is 1.63. The Bertz CT molecular complexity index is 301. The second-order valence-corrected chi connectivity index (χ2v) is 3.42. The smallest absolute Gasteiger partial charge is 0.141 e. The molecule has 0 bridgehead atoms. The van der Waals surface area contributed by atoms with Crippen molar-refractivity contribution < 1.29 is 4.74 Å². The molecule has 1 aromatic rings. The zero-order chi connectivity index (χ0) is 8.97. The first-order valence-corrected chi connectivity index (χ1v) is 4.46. The Balaban J connectivity index is 2.87. The topological polar surface area (TPSA) is 22.1 Å². The van der Waals surface area contributed by atoms with Gasteiger partial charge in [0, 0.05) is 6.20 Å². The number of hydrogen-bond acceptors (Lipinski definition) is 3. The largest absolute Gasteiger partial charge is 0.464 e. The predicted octanol–water partition coefficient (Wildman–Crippen LogP) is 2.97. The van der Waals surface area contributed by atoms with E-state index in [-0.39, 0.29) is 0 Å². The summed E-state index contributed by atoms with van der Waals surface area (Å²) in [5.74, 6) is 0.815. The molecule has 0 aliphatic carbocycles. The molecule has 0 spiro atoms. The Labute approximate surface area is 76.2 Å². The van der Waals surface area contributed by atoms with E-state index in [9.17, 15) is 0 Å². The van der Waals surface area contributed by atoms with E-state index in [4.69, 9.17) is 4.74 Å². The van der Waals surface area contributed by atoms with Crippen molar-refractivity contribution in [3.8, 4) is 0 Å². The van der Waals surface area contributed by atoms with Gasteiger partial charge in [-0.2, -0.15) is 0 Å². The van der Waals surface area contributed by atoms with Crippen molar-refractivity contribution in [1.29, 1.82) is 0 Å². The van der Waals surface area contributed by atoms with Crippen molar-refractivity contribution in [1.82, 2.24) is 4.98 Å². The number of allylic oxidation sites excluding steroid dienone is 1. The number of nitrogens with zero attached hydrogens (tertiary/aromatic N) is 1. The van der Waals surface area contributed by atoms with E-state index in [0.717, 1.165) is 15.6 Å². The fraction of sp³-hybridized carbons (Fsp3) is 0.222. The molecule has 0 unspecified atom stereocenters. The fourth-order valence-electron chi connectivity index (χ4n) is 0.833. The first kappa shape index (κ1) is 9.00. The average molecular weight is 181 g/mol. The maximum Gasteiger partial charge on any atom is 0.141 e. The Morgan fingerprint density at radius 2 is 2.50 bits per heavy atom. The van der Waals surface area contributed by atoms with Crippen molar-refractivity contribution in [2.75, 3.05) is 0 Å². The van der Waals surface area contributed by atoms with Crippen molar-refractivity contribution in [3.05, 3.63) is 35.0 Å². The molecule has 12 heavy (non-hydrogen) atoms. The highest BCUT2D eigenvalue weighted by Crippen LogP contribution is 2.22. The molecule has 1 aromatic heterocycles. The van der Waals surface area contributed by atoms with Gasteiger partial charge in [-0.15, -0.1) is 11.3 Å². The quantitative estimate of drug-likeness (QED) is 0.669. The second-order valence-electron chi connectivity index (χ2n) is 2.18. The molecule has 2 nitrogen and oxygen atoms in total. The van der Waals surface area contributed by atoms with Crippen LogP contribution in [0.5, 0.6) is 0 Å². The molecule has 0 fully saturated rings. The van der Waals surface area contributed by atoms with E-state index < -0.39 is 0 Å². The van der Waals surface area contributed by atoms with Crippen LogP contribution < -0.4 is 0 Å². The molecule has 0 radical (unpaired) electrons. The molecular weight excluding hydrogens is 170 g/mol. The summed E-state index contributed by atoms with van der Waals surface area (Å²) < 4.78 is 5.19. The van der Waals surface area contributed by atoms with Crippen LogP contribution in [-0.4, -0.2) is 4.98 Å². The molecule has 0 saturated heterocycles. The van der Waals surface area contributed by atoms with E-state index in [0.29, 0.717) is 0 Å². The van der Waals surface area contributed by atoms with Gasteiger partial charge in [0.15, 0.2) is 0 Å². The van der Waals surface area contributed by atoms with Crippen molar-refractivity contribution in [3.63, 3.8) is 0 Å². The summed E-state index contributed by atoms with van der Waals surface area (Å²) in [6.45, 7) is 7.39. The molecule has 0 saturated carbocycles. The van der Waals surface area contributed by atoms with Crippen LogP contribution in [0.4, 0.5) is 0 Å². The maximum absolute atomic E-state index is 5.19. The van der Waals surface area contributed by atoms with Crippen LogP contribution in [0.1, 0.15) is 16.8 Å². The summed E-state index contributed by atoms with van der Waals surface area (Å²) in [4.78, 5) is 5.17. The highest BCUT2D eigenvalue weighted by molar-refractivity contribution is 7.12. The Hall–Kier alpha value is -1.09. The summed E-state index contributed by atoms with van der Waals surface area (Å²) in [7, 11) is 0. The normalized spacial score (nSPS) is 11.3. The van der Waals surface area contributed by atoms with E-state index >= 15 is 0 Å². The minimum Gasteiger partial charge on any atom is -0.464 e. The van der Waals surface area contributed by atoms with Gasteiger partial charge in [0.2, 0.25) is 0 Å². The van der Waals surface area contributed by atoms with Gasteiger partial charge >= 0.3 is 0 Å². The first-order chi connectivity index (χ1) is 5.77. The summed E-state index contributed by atoms with van der Waals surface area (Å²) in [6, 6.07) is 0. The lowest BCUT2D eigenvalue weighted by Crippen LogP contribution is -1.79. The van der Waals surface area contributed by atoms with Gasteiger partial charge in [0.1, 0.15) is 5.76 Å². The number of ether oxygens (including phenoxy) is 1. The molecule has 0 aliphatic rings. The number of rotatable bonds is 3. The number of hydrogen-bond donors (Lipinski definition) is 0. The summed E-state index contributed by atoms with van der Waals surface area (Å²) in [5.41, 5.74) is 0. The van der Waals surface area contributed by atoms with Gasteiger partial charge < -0.3 is 4.74 Å². The van der Waals surface area contributed by atoms with Gasteiger partial charge in [0.05, 0.1) is 16.1 Å². The standard InChI is InChI=1S/C9H11NOS/c1-4-8(11-5-2)9-6-10-7(3)12-9/h4-6H,2H2,1,3H3/b8-4-. The molecule has 0 amide bonds. The molecule has 64 valence electrons. The van der Waals surface area contributed by atoms with Gasteiger partial charge in [0.25, 0.3) is 0 Å². The molecule has 0 aromatic carbocycles. The maximum atomic E-state index is 5.19. The second kappa shape index (κ2) is 4.07. The average Bonchev–Trinajstić information content (AvgIpc) is 2.47. The lowest BCUT2D eigenvalue weighted by Gasteiger charge is -2.00. The van der Waals surface area contributed by atoms with Crippen LogP contribution in [0.2, 0.25) is 0 Å². The molecule has 0 N–H and O–H groups in total. The zero-order valence-corrected chi connectivity index (χ0v) is 8.02. The van der Waals surface area contributed by atoms with E-state index in [1.807, 2.05) is 19.9 Å². The first-order valence-electron chi connectivity index (χ1n) is 3.64. The molecule has 0 atom stereocenters. The van der Waals surface area contributed by atoms with Crippen LogP contribution in [0.25, 0.3) is 5.76 Å². The van der Waals surface area contributed by atoms with Gasteiger partial charge in [-0.25, -0.2) is 4.98 Å². The van der Waals surface area contributed by atoms with Gasteiger partial charge in [-0.1, -0.05) is 6.58 Å². The predicted molar refractivity (Wildman–Crippen MR) is 51.8 cm³/mol. The van der Waals surface area contributed by atoms with E-state index in [1.54, 1.807) is 17.5 Å². The van der Waals surface area contributed by atoms with Gasteiger partial charge in [-0.3, -0.25) is 0 Å². The summed E-state index contributed by atoms with van der Waals surface area (Å²) in [5, 5.41) is 1.04. The van der Waals surface area contributed by atoms with Crippen molar-refractivity contribution in [2.45, 2.75) is 13.8 Å². The van der Waals surface area contributed by atoms with E-state index in [2.05, 4.69) is 11.6 Å². The van der Waals surface area contributed by atoms with Crippen LogP contribution in [0.3, 0.4) is 0 Å². The molecule has 3 heteroatoms. The van der Waals surface area contributed by atoms with Crippen molar-refractivity contribution in [2.24, 2.45) is 0 Å². The molecular formula is C9H11NOS. The third-order valence-corrected chi connectivity index (χ3v) is 2.26. The third-order valence-electron chi connectivity index (χ3n) is 1.34. The monoisotopic (exact) mass is 181 g/mol. The van der Waals surface area contributed by atoms with Crippen LogP contribution in [0.15, 0.2) is 25.1 Å². The Kier molecular flexibility index (Phi) is 3.05. The lowest BCUT2D eigenvalue weighted by atomic mass is 10.4. The Morgan fingerprint density at radius 3 is 2.92 bits per heavy atom.